The summed E-state index contributed by atoms with van der Waals surface area (Å²) in [4.78, 5) is 0. The van der Waals surface area contributed by atoms with Gasteiger partial charge in [-0.1, -0.05) is 19.9 Å². The van der Waals surface area contributed by atoms with Crippen molar-refractivity contribution in [3.05, 3.63) is 28.8 Å². The lowest BCUT2D eigenvalue weighted by molar-refractivity contribution is -0.0386. The summed E-state index contributed by atoms with van der Waals surface area (Å²) in [5, 5.41) is 28.0. The Morgan fingerprint density at radius 1 is 1.18 bits per heavy atom. The number of hydrogen-bond acceptors (Lipinski definition) is 5. The predicted molar refractivity (Wildman–Crippen MR) is 83.1 cm³/mol. The highest BCUT2D eigenvalue weighted by Crippen LogP contribution is 2.47. The molecule has 0 aliphatic rings. The van der Waals surface area contributed by atoms with Gasteiger partial charge in [0.2, 0.25) is 0 Å². The number of rotatable bonds is 5. The van der Waals surface area contributed by atoms with E-state index in [0.29, 0.717) is 5.56 Å². The van der Waals surface area contributed by atoms with Crippen LogP contribution >= 0.6 is 0 Å². The van der Waals surface area contributed by atoms with Gasteiger partial charge >= 0.3 is 0 Å². The number of aromatic hydroxyl groups is 1. The van der Waals surface area contributed by atoms with Crippen LogP contribution in [0.2, 0.25) is 0 Å². The maximum Gasteiger partial charge on any atom is 0.272 e. The molecule has 0 heterocycles. The molecule has 1 atom stereocenters. The lowest BCUT2D eigenvalue weighted by atomic mass is 9.72. The molecule has 0 amide bonds. The Balaban J connectivity index is 3.67. The third-order valence-electron chi connectivity index (χ3n) is 4.41. The Kier molecular flexibility index (Phi) is 4.99. The SMILES string of the molecule is Cc1cc(C(C(C)(C)C(C)(C)O)S(=O)(=O)O)cc(CO)c1O. The molecule has 6 nitrogen and oxygen atoms in total. The second-order valence-electron chi connectivity index (χ2n) is 6.68. The van der Waals surface area contributed by atoms with E-state index in [4.69, 9.17) is 0 Å². The summed E-state index contributed by atoms with van der Waals surface area (Å²) in [7, 11) is -4.54. The zero-order valence-electron chi connectivity index (χ0n) is 13.5. The molecule has 0 spiro atoms. The molecule has 0 saturated carbocycles. The number of aryl methyl sites for hydroxylation is 1. The molecule has 0 aliphatic carbocycles. The lowest BCUT2D eigenvalue weighted by Crippen LogP contribution is -2.45. The van der Waals surface area contributed by atoms with Crippen LogP contribution in [0.3, 0.4) is 0 Å². The Morgan fingerprint density at radius 3 is 2.05 bits per heavy atom. The smallest absolute Gasteiger partial charge is 0.272 e. The third kappa shape index (κ3) is 3.43. The highest BCUT2D eigenvalue weighted by Gasteiger charge is 2.49. The zero-order valence-corrected chi connectivity index (χ0v) is 14.3. The van der Waals surface area contributed by atoms with Crippen LogP contribution in [0.4, 0.5) is 0 Å². The van der Waals surface area contributed by atoms with Crippen LogP contribution in [0.5, 0.6) is 5.75 Å². The van der Waals surface area contributed by atoms with Crippen molar-refractivity contribution in [2.75, 3.05) is 0 Å². The Labute approximate surface area is 131 Å². The topological polar surface area (TPSA) is 115 Å². The van der Waals surface area contributed by atoms with Crippen LogP contribution in [0.25, 0.3) is 0 Å². The number of phenols is 1. The fraction of sp³-hybridized carbons (Fsp3) is 0.600. The van der Waals surface area contributed by atoms with Gasteiger partial charge in [-0.15, -0.1) is 0 Å². The summed E-state index contributed by atoms with van der Waals surface area (Å²) in [6.45, 7) is 7.09. The van der Waals surface area contributed by atoms with Gasteiger partial charge in [0.25, 0.3) is 10.1 Å². The minimum atomic E-state index is -4.54. The molecule has 0 aliphatic heterocycles. The first-order valence-corrected chi connectivity index (χ1v) is 8.35. The molecule has 1 rings (SSSR count). The molecule has 0 radical (unpaired) electrons. The van der Waals surface area contributed by atoms with E-state index in [2.05, 4.69) is 0 Å². The molecular weight excluding hydrogens is 308 g/mol. The molecule has 4 N–H and O–H groups in total. The minimum absolute atomic E-state index is 0.124. The number of aliphatic hydroxyl groups is 2. The second kappa shape index (κ2) is 5.81. The van der Waals surface area contributed by atoms with Crippen molar-refractivity contribution in [3.8, 4) is 5.75 Å². The average Bonchev–Trinajstić information content (AvgIpc) is 2.29. The fourth-order valence-electron chi connectivity index (χ4n) is 2.44. The van der Waals surface area contributed by atoms with Gasteiger partial charge in [0.05, 0.1) is 12.2 Å². The number of hydrogen-bond donors (Lipinski definition) is 4. The van der Waals surface area contributed by atoms with E-state index in [1.54, 1.807) is 6.92 Å². The largest absolute Gasteiger partial charge is 0.507 e. The molecule has 1 aromatic rings. The van der Waals surface area contributed by atoms with E-state index < -0.39 is 33.0 Å². The quantitative estimate of drug-likeness (QED) is 0.612. The molecule has 1 unspecified atom stereocenters. The van der Waals surface area contributed by atoms with Crippen LogP contribution in [-0.2, 0) is 16.7 Å². The molecule has 22 heavy (non-hydrogen) atoms. The first-order valence-electron chi connectivity index (χ1n) is 6.85. The van der Waals surface area contributed by atoms with Crippen molar-refractivity contribution in [1.29, 1.82) is 0 Å². The molecule has 7 heteroatoms. The van der Waals surface area contributed by atoms with Gasteiger partial charge in [-0.3, -0.25) is 4.55 Å². The summed E-state index contributed by atoms with van der Waals surface area (Å²) in [5.74, 6) is -0.124. The first kappa shape index (κ1) is 18.9. The minimum Gasteiger partial charge on any atom is -0.507 e. The van der Waals surface area contributed by atoms with E-state index in [1.165, 1.54) is 39.8 Å². The Morgan fingerprint density at radius 2 is 1.68 bits per heavy atom. The van der Waals surface area contributed by atoms with Gasteiger partial charge < -0.3 is 15.3 Å². The molecule has 1 aromatic carbocycles. The average molecular weight is 332 g/mol. The Bertz CT molecular complexity index is 655. The summed E-state index contributed by atoms with van der Waals surface area (Å²) in [6.07, 6.45) is 0. The van der Waals surface area contributed by atoms with Crippen LogP contribution < -0.4 is 0 Å². The zero-order chi connectivity index (χ0) is 17.5. The predicted octanol–water partition coefficient (Wildman–Crippen LogP) is 1.92. The van der Waals surface area contributed by atoms with Crippen LogP contribution in [-0.4, -0.2) is 33.9 Å². The maximum absolute atomic E-state index is 11.9. The Hall–Kier alpha value is -1.15. The fourth-order valence-corrected chi connectivity index (χ4v) is 3.95. The van der Waals surface area contributed by atoms with E-state index in [-0.39, 0.29) is 16.9 Å². The molecule has 0 fully saturated rings. The van der Waals surface area contributed by atoms with E-state index in [1.807, 2.05) is 0 Å². The van der Waals surface area contributed by atoms with Crippen molar-refractivity contribution in [1.82, 2.24) is 0 Å². The summed E-state index contributed by atoms with van der Waals surface area (Å²) < 4.78 is 33.6. The van der Waals surface area contributed by atoms with Crippen molar-refractivity contribution in [3.63, 3.8) is 0 Å². The summed E-state index contributed by atoms with van der Waals surface area (Å²) >= 11 is 0. The number of benzene rings is 1. The van der Waals surface area contributed by atoms with Gasteiger partial charge in [0.15, 0.2) is 0 Å². The van der Waals surface area contributed by atoms with Crippen molar-refractivity contribution >= 4 is 10.1 Å². The van der Waals surface area contributed by atoms with Gasteiger partial charge in [-0.25, -0.2) is 0 Å². The van der Waals surface area contributed by atoms with Gasteiger partial charge in [-0.05, 0) is 38.0 Å². The molecular formula is C15H24O6S. The highest BCUT2D eigenvalue weighted by atomic mass is 32.2. The molecule has 126 valence electrons. The van der Waals surface area contributed by atoms with Gasteiger partial charge in [-0.2, -0.15) is 8.42 Å². The molecule has 0 bridgehead atoms. The third-order valence-corrected chi connectivity index (χ3v) is 5.86. The maximum atomic E-state index is 11.9. The van der Waals surface area contributed by atoms with E-state index in [0.717, 1.165) is 0 Å². The van der Waals surface area contributed by atoms with Crippen LogP contribution in [0.1, 0.15) is 49.6 Å². The van der Waals surface area contributed by atoms with Crippen molar-refractivity contribution in [2.24, 2.45) is 5.41 Å². The first-order chi connectivity index (χ1) is 9.73. The van der Waals surface area contributed by atoms with Gasteiger partial charge in [0.1, 0.15) is 11.0 Å². The monoisotopic (exact) mass is 332 g/mol. The lowest BCUT2D eigenvalue weighted by Gasteiger charge is -2.42. The van der Waals surface area contributed by atoms with Crippen LogP contribution in [0, 0.1) is 12.3 Å². The van der Waals surface area contributed by atoms with E-state index in [9.17, 15) is 28.3 Å². The second-order valence-corrected chi connectivity index (χ2v) is 8.18. The normalized spacial score (nSPS) is 14.9. The van der Waals surface area contributed by atoms with Crippen molar-refractivity contribution < 1.29 is 28.3 Å². The standard InChI is InChI=1S/C15H24O6S/c1-9-6-10(7-11(8-16)12(9)17)13(22(19,20)21)14(2,3)15(4,5)18/h6-7,13,16-18H,8H2,1-5H3,(H,19,20,21). The highest BCUT2D eigenvalue weighted by molar-refractivity contribution is 7.86. The van der Waals surface area contributed by atoms with Crippen LogP contribution in [0.15, 0.2) is 12.1 Å². The molecule has 0 saturated heterocycles. The molecule has 0 aromatic heterocycles. The van der Waals surface area contributed by atoms with Crippen molar-refractivity contribution in [2.45, 2.75) is 52.1 Å². The van der Waals surface area contributed by atoms with Gasteiger partial charge in [0, 0.05) is 11.0 Å². The summed E-state index contributed by atoms with van der Waals surface area (Å²) in [5.41, 5.74) is -1.89. The number of aliphatic hydroxyl groups excluding tert-OH is 1. The van der Waals surface area contributed by atoms with E-state index >= 15 is 0 Å². The summed E-state index contributed by atoms with van der Waals surface area (Å²) in [6, 6.07) is 2.76.